The van der Waals surface area contributed by atoms with E-state index in [1.807, 2.05) is 31.0 Å². The van der Waals surface area contributed by atoms with Gasteiger partial charge in [-0.2, -0.15) is 0 Å². The minimum Gasteiger partial charge on any atom is -0.379 e. The van der Waals surface area contributed by atoms with E-state index < -0.39 is 0 Å². The van der Waals surface area contributed by atoms with E-state index in [0.29, 0.717) is 18.1 Å². The predicted molar refractivity (Wildman–Crippen MR) is 108 cm³/mol. The Hall–Kier alpha value is -2.58. The first kappa shape index (κ1) is 20.2. The van der Waals surface area contributed by atoms with Crippen LogP contribution in [-0.2, 0) is 11.2 Å². The van der Waals surface area contributed by atoms with Crippen molar-refractivity contribution in [3.8, 4) is 0 Å². The zero-order valence-corrected chi connectivity index (χ0v) is 16.6. The molecule has 0 aromatic carbocycles. The van der Waals surface area contributed by atoms with E-state index in [1.54, 1.807) is 18.5 Å². The van der Waals surface area contributed by atoms with E-state index in [-0.39, 0.29) is 5.91 Å². The second-order valence-electron chi connectivity index (χ2n) is 6.90. The van der Waals surface area contributed by atoms with Crippen molar-refractivity contribution in [2.75, 3.05) is 57.9 Å². The van der Waals surface area contributed by atoms with Gasteiger partial charge in [-0.05, 0) is 31.0 Å². The largest absolute Gasteiger partial charge is 0.379 e. The van der Waals surface area contributed by atoms with Crippen LogP contribution >= 0.6 is 0 Å². The van der Waals surface area contributed by atoms with Crippen LogP contribution in [0.15, 0.2) is 30.6 Å². The lowest BCUT2D eigenvalue weighted by atomic mass is 10.2. The Kier molecular flexibility index (Phi) is 7.27. The molecule has 1 aliphatic rings. The smallest absolute Gasteiger partial charge is 0.270 e. The molecule has 28 heavy (non-hydrogen) atoms. The monoisotopic (exact) mass is 384 g/mol. The number of nitrogens with one attached hydrogen (secondary N) is 1. The quantitative estimate of drug-likeness (QED) is 0.725. The molecule has 8 heteroatoms. The molecule has 2 aromatic heterocycles. The summed E-state index contributed by atoms with van der Waals surface area (Å²) in [5.74, 6) is 1.18. The summed E-state index contributed by atoms with van der Waals surface area (Å²) >= 11 is 0. The molecule has 0 unspecified atom stereocenters. The lowest BCUT2D eigenvalue weighted by Crippen LogP contribution is -2.41. The molecule has 150 valence electrons. The van der Waals surface area contributed by atoms with Gasteiger partial charge in [-0.25, -0.2) is 9.97 Å². The first-order valence-electron chi connectivity index (χ1n) is 9.66. The number of rotatable bonds is 8. The summed E-state index contributed by atoms with van der Waals surface area (Å²) in [6.07, 6.45) is 4.47. The van der Waals surface area contributed by atoms with Crippen molar-refractivity contribution in [3.63, 3.8) is 0 Å². The number of aromatic nitrogens is 3. The number of likely N-dealkylation sites (N-methyl/N-ethyl adjacent to an activating group) is 1. The molecule has 1 aliphatic heterocycles. The number of nitrogens with zero attached hydrogens (tertiary/aromatic N) is 5. The Balaban J connectivity index is 1.54. The van der Waals surface area contributed by atoms with Crippen molar-refractivity contribution < 1.29 is 9.53 Å². The van der Waals surface area contributed by atoms with Gasteiger partial charge in [-0.1, -0.05) is 0 Å². The third-order valence-corrected chi connectivity index (χ3v) is 4.75. The Bertz CT molecular complexity index is 765. The first-order valence-corrected chi connectivity index (χ1v) is 9.66. The van der Waals surface area contributed by atoms with Gasteiger partial charge >= 0.3 is 0 Å². The van der Waals surface area contributed by atoms with Crippen LogP contribution in [0.3, 0.4) is 0 Å². The lowest BCUT2D eigenvalue weighted by Gasteiger charge is -2.26. The second kappa shape index (κ2) is 10.1. The molecule has 1 amide bonds. The maximum atomic E-state index is 12.5. The van der Waals surface area contributed by atoms with Crippen molar-refractivity contribution >= 4 is 11.7 Å². The summed E-state index contributed by atoms with van der Waals surface area (Å²) in [6, 6.07) is 5.77. The van der Waals surface area contributed by atoms with E-state index in [1.165, 1.54) is 5.56 Å². The van der Waals surface area contributed by atoms with Crippen molar-refractivity contribution in [1.82, 2.24) is 25.2 Å². The number of amides is 1. The van der Waals surface area contributed by atoms with Gasteiger partial charge in [0.2, 0.25) is 0 Å². The highest BCUT2D eigenvalue weighted by Crippen LogP contribution is 2.12. The molecule has 0 aliphatic carbocycles. The molecule has 0 saturated carbocycles. The Morgan fingerprint density at radius 1 is 1.25 bits per heavy atom. The summed E-state index contributed by atoms with van der Waals surface area (Å²) in [5.41, 5.74) is 1.62. The third kappa shape index (κ3) is 5.97. The van der Waals surface area contributed by atoms with E-state index in [0.717, 1.165) is 51.6 Å². The van der Waals surface area contributed by atoms with Crippen LogP contribution in [0.5, 0.6) is 0 Å². The van der Waals surface area contributed by atoms with E-state index in [2.05, 4.69) is 25.2 Å². The minimum atomic E-state index is -0.164. The van der Waals surface area contributed by atoms with Crippen LogP contribution in [0.1, 0.15) is 21.9 Å². The normalized spacial score (nSPS) is 14.6. The van der Waals surface area contributed by atoms with Gasteiger partial charge in [0, 0.05) is 58.2 Å². The molecule has 0 atom stereocenters. The van der Waals surface area contributed by atoms with Crippen LogP contribution in [0.4, 0.5) is 5.82 Å². The second-order valence-corrected chi connectivity index (χ2v) is 6.90. The number of hydrogen-bond acceptors (Lipinski definition) is 7. The van der Waals surface area contributed by atoms with Crippen molar-refractivity contribution in [2.45, 2.75) is 13.3 Å². The molecule has 8 nitrogen and oxygen atoms in total. The molecule has 2 aromatic rings. The van der Waals surface area contributed by atoms with E-state index >= 15 is 0 Å². The molecule has 3 heterocycles. The van der Waals surface area contributed by atoms with Gasteiger partial charge in [0.15, 0.2) is 0 Å². The highest BCUT2D eigenvalue weighted by molar-refractivity contribution is 5.92. The van der Waals surface area contributed by atoms with Crippen LogP contribution in [-0.4, -0.2) is 78.7 Å². The molecule has 0 radical (unpaired) electrons. The van der Waals surface area contributed by atoms with Crippen LogP contribution in [0, 0.1) is 6.92 Å². The summed E-state index contributed by atoms with van der Waals surface area (Å²) in [6.45, 7) is 7.35. The molecule has 0 bridgehead atoms. The van der Waals surface area contributed by atoms with Crippen LogP contribution < -0.4 is 10.2 Å². The third-order valence-electron chi connectivity index (χ3n) is 4.75. The van der Waals surface area contributed by atoms with Crippen molar-refractivity contribution in [3.05, 3.63) is 47.7 Å². The summed E-state index contributed by atoms with van der Waals surface area (Å²) in [4.78, 5) is 29.7. The summed E-state index contributed by atoms with van der Waals surface area (Å²) < 4.78 is 5.34. The SMILES string of the molecule is Cc1nc(C(=O)NCCN2CCOCC2)cc(N(C)CCc2ccncc2)n1. The molecular formula is C20H28N6O2. The van der Waals surface area contributed by atoms with Gasteiger partial charge < -0.3 is 15.0 Å². The number of pyridine rings is 1. The standard InChI is InChI=1S/C20H28N6O2/c1-16-23-18(20(27)22-8-10-26-11-13-28-14-12-26)15-19(24-16)25(2)9-5-17-3-6-21-7-4-17/h3-4,6-7,15H,5,8-14H2,1-2H3,(H,22,27). The average Bonchev–Trinajstić information content (AvgIpc) is 2.73. The van der Waals surface area contributed by atoms with Gasteiger partial charge in [-0.15, -0.1) is 0 Å². The first-order chi connectivity index (χ1) is 13.6. The van der Waals surface area contributed by atoms with Gasteiger partial charge in [-0.3, -0.25) is 14.7 Å². The zero-order valence-electron chi connectivity index (χ0n) is 16.6. The highest BCUT2D eigenvalue weighted by Gasteiger charge is 2.14. The number of morpholine rings is 1. The Morgan fingerprint density at radius 3 is 2.75 bits per heavy atom. The highest BCUT2D eigenvalue weighted by atomic mass is 16.5. The minimum absolute atomic E-state index is 0.164. The molecule has 0 spiro atoms. The van der Waals surface area contributed by atoms with E-state index in [9.17, 15) is 4.79 Å². The number of anilines is 1. The summed E-state index contributed by atoms with van der Waals surface area (Å²) in [5, 5.41) is 2.96. The maximum absolute atomic E-state index is 12.5. The number of carbonyl (C=O) groups is 1. The summed E-state index contributed by atoms with van der Waals surface area (Å²) in [7, 11) is 1.98. The fraction of sp³-hybridized carbons (Fsp3) is 0.500. The number of ether oxygens (including phenoxy) is 1. The molecular weight excluding hydrogens is 356 g/mol. The number of carbonyl (C=O) groups excluding carboxylic acids is 1. The van der Waals surface area contributed by atoms with Crippen molar-refractivity contribution in [2.24, 2.45) is 0 Å². The number of hydrogen-bond donors (Lipinski definition) is 1. The lowest BCUT2D eigenvalue weighted by molar-refractivity contribution is 0.0383. The topological polar surface area (TPSA) is 83.5 Å². The molecule has 1 N–H and O–H groups in total. The van der Waals surface area contributed by atoms with Gasteiger partial charge in [0.05, 0.1) is 13.2 Å². The van der Waals surface area contributed by atoms with Gasteiger partial charge in [0.25, 0.3) is 5.91 Å². The fourth-order valence-electron chi connectivity index (χ4n) is 3.07. The average molecular weight is 384 g/mol. The molecule has 1 saturated heterocycles. The van der Waals surface area contributed by atoms with Gasteiger partial charge in [0.1, 0.15) is 17.3 Å². The van der Waals surface area contributed by atoms with Crippen molar-refractivity contribution in [1.29, 1.82) is 0 Å². The molecule has 1 fully saturated rings. The van der Waals surface area contributed by atoms with E-state index in [4.69, 9.17) is 4.74 Å². The zero-order chi connectivity index (χ0) is 19.8. The Morgan fingerprint density at radius 2 is 2.00 bits per heavy atom. The van der Waals surface area contributed by atoms with Crippen LogP contribution in [0.25, 0.3) is 0 Å². The Labute approximate surface area is 166 Å². The predicted octanol–water partition coefficient (Wildman–Crippen LogP) is 0.921. The number of aryl methyl sites for hydroxylation is 1. The fourth-order valence-corrected chi connectivity index (χ4v) is 3.07. The van der Waals surface area contributed by atoms with Crippen LogP contribution in [0.2, 0.25) is 0 Å². The maximum Gasteiger partial charge on any atom is 0.270 e. The molecule has 3 rings (SSSR count).